The molecule has 6 rings (SSSR count). The van der Waals surface area contributed by atoms with Gasteiger partial charge in [0.2, 0.25) is 20.0 Å². The Balaban J connectivity index is 1.22. The first-order valence-electron chi connectivity index (χ1n) is 13.9. The van der Waals surface area contributed by atoms with Crippen molar-refractivity contribution < 1.29 is 44.0 Å². The minimum atomic E-state index is -4.29. The molecule has 14 nitrogen and oxygen atoms in total. The van der Waals surface area contributed by atoms with Crippen molar-refractivity contribution in [1.82, 2.24) is 9.44 Å². The molecule has 46 heavy (non-hydrogen) atoms. The van der Waals surface area contributed by atoms with Crippen molar-refractivity contribution in [3.05, 3.63) is 68.8 Å². The van der Waals surface area contributed by atoms with Crippen LogP contribution in [0.5, 0.6) is 11.5 Å². The van der Waals surface area contributed by atoms with E-state index < -0.39 is 30.9 Å². The van der Waals surface area contributed by atoms with Gasteiger partial charge >= 0.3 is 0 Å². The largest absolute Gasteiger partial charge is 0.495 e. The quantitative estimate of drug-likeness (QED) is 0.188. The van der Waals surface area contributed by atoms with Gasteiger partial charge in [-0.3, -0.25) is 9.59 Å². The summed E-state index contributed by atoms with van der Waals surface area (Å²) in [7, 11) is -5.88. The molecule has 242 valence electrons. The lowest BCUT2D eigenvalue weighted by Gasteiger charge is -2.13. The van der Waals surface area contributed by atoms with Crippen LogP contribution in [0.3, 0.4) is 0 Å². The van der Waals surface area contributed by atoms with Crippen molar-refractivity contribution >= 4 is 63.9 Å². The predicted octanol–water partition coefficient (Wildman–Crippen LogP) is 4.06. The number of methoxy groups -OCH3 is 2. The third kappa shape index (κ3) is 5.12. The van der Waals surface area contributed by atoms with Crippen LogP contribution in [0.25, 0.3) is 43.9 Å². The molecular formula is C30H28N2O12S2. The molecule has 0 saturated carbocycles. The highest BCUT2D eigenvalue weighted by Crippen LogP contribution is 2.41. The molecule has 0 aliphatic carbocycles. The smallest absolute Gasteiger partial charge is 0.248 e. The molecule has 16 heteroatoms. The Kier molecular flexibility index (Phi) is 7.92. The standard InChI is InChI=1S/C30H28N2O12S2/c1-15-13-19(33)21-23(39-3)17-7-11-41-25(17)29(27(21)43-15)45(35,36)31-9-5-6-10-32-46(37,38)30-26-18(8-12-42-26)24(40-4)22-20(34)14-16(2)44-28(22)30/h7-8,11-14,31-32H,5-6,9-10H2,1-4H3. The van der Waals surface area contributed by atoms with E-state index in [0.29, 0.717) is 0 Å². The number of benzene rings is 2. The molecule has 0 radical (unpaired) electrons. The number of sulfonamides is 2. The van der Waals surface area contributed by atoms with Crippen LogP contribution in [0.4, 0.5) is 0 Å². The molecule has 0 bridgehead atoms. The van der Waals surface area contributed by atoms with Crippen LogP contribution < -0.4 is 29.8 Å². The highest BCUT2D eigenvalue weighted by Gasteiger charge is 2.31. The van der Waals surface area contributed by atoms with E-state index in [2.05, 4.69) is 9.44 Å². The normalized spacial score (nSPS) is 12.5. The van der Waals surface area contributed by atoms with E-state index in [-0.39, 0.29) is 103 Å². The highest BCUT2D eigenvalue weighted by atomic mass is 32.2. The maximum Gasteiger partial charge on any atom is 0.248 e. The van der Waals surface area contributed by atoms with Crippen LogP contribution in [-0.2, 0) is 20.0 Å². The van der Waals surface area contributed by atoms with Gasteiger partial charge in [-0.15, -0.1) is 0 Å². The summed E-state index contributed by atoms with van der Waals surface area (Å²) >= 11 is 0. The van der Waals surface area contributed by atoms with Crippen LogP contribution in [-0.4, -0.2) is 44.1 Å². The summed E-state index contributed by atoms with van der Waals surface area (Å²) < 4.78 is 92.4. The lowest BCUT2D eigenvalue weighted by atomic mass is 10.1. The molecule has 4 heterocycles. The van der Waals surface area contributed by atoms with E-state index in [1.807, 2.05) is 0 Å². The molecule has 0 fully saturated rings. The van der Waals surface area contributed by atoms with Crippen molar-refractivity contribution in [3.63, 3.8) is 0 Å². The molecule has 0 saturated heterocycles. The third-order valence-electron chi connectivity index (χ3n) is 7.37. The number of rotatable bonds is 11. The highest BCUT2D eigenvalue weighted by molar-refractivity contribution is 7.90. The number of hydrogen-bond donors (Lipinski definition) is 2. The minimum Gasteiger partial charge on any atom is -0.495 e. The third-order valence-corrected chi connectivity index (χ3v) is 10.4. The average Bonchev–Trinajstić information content (AvgIpc) is 3.66. The molecule has 2 N–H and O–H groups in total. The topological polar surface area (TPSA) is 197 Å². The van der Waals surface area contributed by atoms with Gasteiger partial charge in [-0.25, -0.2) is 26.3 Å². The number of fused-ring (bicyclic) bond motifs is 4. The van der Waals surface area contributed by atoms with E-state index >= 15 is 0 Å². The van der Waals surface area contributed by atoms with Gasteiger partial charge in [0.1, 0.15) is 33.8 Å². The zero-order valence-electron chi connectivity index (χ0n) is 25.0. The summed E-state index contributed by atoms with van der Waals surface area (Å²) in [5.41, 5.74) is -1.46. The molecule has 2 aromatic carbocycles. The number of furan rings is 2. The SMILES string of the molecule is COc1c2ccoc2c(S(=O)(=O)NCCCCNS(=O)(=O)c2c3occc3c(OC)c3c(=O)cc(C)oc23)c2oc(C)cc(=O)c12. The van der Waals surface area contributed by atoms with E-state index in [9.17, 15) is 26.4 Å². The average molecular weight is 673 g/mol. The second kappa shape index (κ2) is 11.6. The van der Waals surface area contributed by atoms with Crippen LogP contribution in [0, 0.1) is 13.8 Å². The van der Waals surface area contributed by atoms with Crippen LogP contribution in [0.2, 0.25) is 0 Å². The number of ether oxygens (including phenoxy) is 2. The maximum absolute atomic E-state index is 13.5. The van der Waals surface area contributed by atoms with Gasteiger partial charge in [-0.2, -0.15) is 0 Å². The Labute approximate surface area is 261 Å². The molecule has 0 unspecified atom stereocenters. The molecule has 0 aliphatic heterocycles. The monoisotopic (exact) mass is 672 g/mol. The summed E-state index contributed by atoms with van der Waals surface area (Å²) in [4.78, 5) is 25.0. The first kappa shape index (κ1) is 31.3. The van der Waals surface area contributed by atoms with Gasteiger partial charge in [0.25, 0.3) is 0 Å². The molecule has 0 atom stereocenters. The Morgan fingerprint density at radius 3 is 1.41 bits per heavy atom. The van der Waals surface area contributed by atoms with Crippen molar-refractivity contribution in [2.45, 2.75) is 36.5 Å². The number of aryl methyl sites for hydroxylation is 2. The molecule has 6 aromatic rings. The van der Waals surface area contributed by atoms with Crippen LogP contribution in [0.15, 0.2) is 73.8 Å². The molecule has 0 spiro atoms. The summed E-state index contributed by atoms with van der Waals surface area (Å²) in [6.07, 6.45) is 2.99. The Hall–Kier alpha value is -4.64. The van der Waals surface area contributed by atoms with Crippen molar-refractivity contribution in [2.24, 2.45) is 0 Å². The molecule has 4 aromatic heterocycles. The number of unbranched alkanes of at least 4 members (excludes halogenated alkanes) is 1. The molecular weight excluding hydrogens is 644 g/mol. The van der Waals surface area contributed by atoms with E-state index in [1.54, 1.807) is 0 Å². The Bertz CT molecular complexity index is 2330. The van der Waals surface area contributed by atoms with E-state index in [1.165, 1.54) is 64.9 Å². The van der Waals surface area contributed by atoms with Gasteiger partial charge in [0.15, 0.2) is 43.0 Å². The summed E-state index contributed by atoms with van der Waals surface area (Å²) in [5.74, 6) is 0.648. The first-order chi connectivity index (χ1) is 21.9. The van der Waals surface area contributed by atoms with Crippen molar-refractivity contribution in [2.75, 3.05) is 27.3 Å². The summed E-state index contributed by atoms with van der Waals surface area (Å²) in [6, 6.07) is 5.46. The second-order valence-electron chi connectivity index (χ2n) is 10.4. The molecule has 0 amide bonds. The lowest BCUT2D eigenvalue weighted by molar-refractivity contribution is 0.422. The van der Waals surface area contributed by atoms with Crippen molar-refractivity contribution in [3.8, 4) is 11.5 Å². The van der Waals surface area contributed by atoms with Crippen molar-refractivity contribution in [1.29, 1.82) is 0 Å². The van der Waals surface area contributed by atoms with Crippen LogP contribution in [0.1, 0.15) is 24.4 Å². The van der Waals surface area contributed by atoms with Gasteiger partial charge in [0.05, 0.1) is 37.5 Å². The fourth-order valence-electron chi connectivity index (χ4n) is 5.49. The van der Waals surface area contributed by atoms with Crippen LogP contribution >= 0.6 is 0 Å². The summed E-state index contributed by atoms with van der Waals surface area (Å²) in [5, 5.41) is 0.478. The lowest BCUT2D eigenvalue weighted by Crippen LogP contribution is -2.28. The fourth-order valence-corrected chi connectivity index (χ4v) is 8.19. The zero-order chi connectivity index (χ0) is 33.0. The van der Waals surface area contributed by atoms with Gasteiger partial charge < -0.3 is 27.1 Å². The Morgan fingerprint density at radius 1 is 0.652 bits per heavy atom. The second-order valence-corrected chi connectivity index (χ2v) is 13.8. The fraction of sp³-hybridized carbons (Fsp3) is 0.267. The summed E-state index contributed by atoms with van der Waals surface area (Å²) in [6.45, 7) is 2.87. The molecule has 0 aliphatic rings. The van der Waals surface area contributed by atoms with E-state index in [4.69, 9.17) is 27.1 Å². The maximum atomic E-state index is 13.5. The van der Waals surface area contributed by atoms with E-state index in [0.717, 1.165) is 0 Å². The van der Waals surface area contributed by atoms with Gasteiger partial charge in [-0.1, -0.05) is 0 Å². The zero-order valence-corrected chi connectivity index (χ0v) is 26.6. The number of nitrogens with one attached hydrogen (secondary N) is 2. The predicted molar refractivity (Wildman–Crippen MR) is 167 cm³/mol. The van der Waals surface area contributed by atoms with Gasteiger partial charge in [-0.05, 0) is 38.8 Å². The Morgan fingerprint density at radius 2 is 1.04 bits per heavy atom. The van der Waals surface area contributed by atoms with Gasteiger partial charge in [0, 0.05) is 25.2 Å². The number of hydrogen-bond acceptors (Lipinski definition) is 12. The minimum absolute atomic E-state index is 0.0421. The first-order valence-corrected chi connectivity index (χ1v) is 16.9.